The number of ether oxygens (including phenoxy) is 1. The zero-order chi connectivity index (χ0) is 20.6. The van der Waals surface area contributed by atoms with Crippen molar-refractivity contribution in [1.82, 2.24) is 4.90 Å². The van der Waals surface area contributed by atoms with Crippen molar-refractivity contribution in [1.29, 1.82) is 0 Å². The van der Waals surface area contributed by atoms with Crippen molar-refractivity contribution in [3.8, 4) is 0 Å². The van der Waals surface area contributed by atoms with E-state index in [1.165, 1.54) is 12.8 Å². The number of rotatable bonds is 3. The summed E-state index contributed by atoms with van der Waals surface area (Å²) in [6, 6.07) is 8.02. The molecule has 158 valence electrons. The highest BCUT2D eigenvalue weighted by atomic mass is 16.5. The van der Waals surface area contributed by atoms with Crippen LogP contribution in [-0.4, -0.2) is 35.9 Å². The van der Waals surface area contributed by atoms with Crippen molar-refractivity contribution >= 4 is 17.5 Å². The summed E-state index contributed by atoms with van der Waals surface area (Å²) in [7, 11) is 0. The molecule has 2 aliphatic heterocycles. The first-order valence-electron chi connectivity index (χ1n) is 11.2. The van der Waals surface area contributed by atoms with Crippen LogP contribution in [0, 0.1) is 17.3 Å². The number of anilines is 1. The van der Waals surface area contributed by atoms with Gasteiger partial charge < -0.3 is 15.0 Å². The predicted octanol–water partition coefficient (Wildman–Crippen LogP) is 4.54. The molecule has 1 aromatic carbocycles. The molecule has 5 nitrogen and oxygen atoms in total. The highest BCUT2D eigenvalue weighted by molar-refractivity contribution is 5.94. The Labute approximate surface area is 174 Å². The summed E-state index contributed by atoms with van der Waals surface area (Å²) >= 11 is 0. The van der Waals surface area contributed by atoms with Gasteiger partial charge in [-0.05, 0) is 43.4 Å². The summed E-state index contributed by atoms with van der Waals surface area (Å²) in [6.07, 6.45) is 6.67. The van der Waals surface area contributed by atoms with Crippen LogP contribution in [0.4, 0.5) is 5.69 Å². The van der Waals surface area contributed by atoms with E-state index in [0.29, 0.717) is 11.8 Å². The standard InChI is InChI=1S/C24H34N2O3/c1-24(2,3)23(28)25-19-10-6-9-17(13-19)21-14-18-15-26(12-11-20(18)29-21)22(27)16-7-4-5-8-16/h6,9-10,13,16,18,20-21H,4-5,7-8,11-12,14-15H2,1-3H3,(H,25,28)/t18-,20-,21+/m0/s1. The van der Waals surface area contributed by atoms with Gasteiger partial charge in [-0.15, -0.1) is 0 Å². The average Bonchev–Trinajstić information content (AvgIpc) is 3.36. The molecule has 2 amide bonds. The molecule has 1 aliphatic carbocycles. The third-order valence-electron chi connectivity index (χ3n) is 6.73. The number of hydrogen-bond donors (Lipinski definition) is 1. The first-order valence-corrected chi connectivity index (χ1v) is 11.2. The summed E-state index contributed by atoms with van der Waals surface area (Å²) < 4.78 is 6.38. The number of benzene rings is 1. The van der Waals surface area contributed by atoms with Gasteiger partial charge in [-0.1, -0.05) is 45.7 Å². The molecule has 2 saturated heterocycles. The fourth-order valence-corrected chi connectivity index (χ4v) is 4.94. The molecule has 3 atom stereocenters. The van der Waals surface area contributed by atoms with E-state index in [0.717, 1.165) is 50.0 Å². The maximum atomic E-state index is 12.8. The van der Waals surface area contributed by atoms with Gasteiger partial charge in [0, 0.05) is 36.0 Å². The minimum Gasteiger partial charge on any atom is -0.370 e. The second-order valence-corrected chi connectivity index (χ2v) is 10.0. The zero-order valence-electron chi connectivity index (χ0n) is 17.9. The van der Waals surface area contributed by atoms with Crippen molar-refractivity contribution in [3.63, 3.8) is 0 Å². The summed E-state index contributed by atoms with van der Waals surface area (Å²) in [5, 5.41) is 3.01. The zero-order valence-corrected chi connectivity index (χ0v) is 17.9. The molecule has 3 aliphatic rings. The van der Waals surface area contributed by atoms with E-state index >= 15 is 0 Å². The molecule has 0 radical (unpaired) electrons. The first-order chi connectivity index (χ1) is 13.8. The topological polar surface area (TPSA) is 58.6 Å². The summed E-state index contributed by atoms with van der Waals surface area (Å²) in [5.74, 6) is 1.05. The van der Waals surface area contributed by atoms with Gasteiger partial charge in [0.1, 0.15) is 0 Å². The molecule has 0 spiro atoms. The van der Waals surface area contributed by atoms with Crippen molar-refractivity contribution in [2.24, 2.45) is 17.3 Å². The fourth-order valence-electron chi connectivity index (χ4n) is 4.94. The molecule has 29 heavy (non-hydrogen) atoms. The lowest BCUT2D eigenvalue weighted by molar-refractivity contribution is -0.138. The number of piperidine rings is 1. The van der Waals surface area contributed by atoms with Gasteiger partial charge in [0.25, 0.3) is 0 Å². The molecule has 1 N–H and O–H groups in total. The van der Waals surface area contributed by atoms with E-state index in [1.807, 2.05) is 39.0 Å². The fraction of sp³-hybridized carbons (Fsp3) is 0.667. The van der Waals surface area contributed by atoms with Gasteiger partial charge in [-0.2, -0.15) is 0 Å². The monoisotopic (exact) mass is 398 g/mol. The molecular weight excluding hydrogens is 364 g/mol. The molecule has 0 unspecified atom stereocenters. The largest absolute Gasteiger partial charge is 0.370 e. The third kappa shape index (κ3) is 4.50. The lowest BCUT2D eigenvalue weighted by Crippen LogP contribution is -2.46. The van der Waals surface area contributed by atoms with Gasteiger partial charge in [-0.25, -0.2) is 0 Å². The minimum atomic E-state index is -0.426. The highest BCUT2D eigenvalue weighted by Crippen LogP contribution is 2.42. The first kappa shape index (κ1) is 20.4. The molecule has 5 heteroatoms. The molecule has 3 fully saturated rings. The third-order valence-corrected chi connectivity index (χ3v) is 6.73. The smallest absolute Gasteiger partial charge is 0.229 e. The van der Waals surface area contributed by atoms with Crippen LogP contribution in [-0.2, 0) is 14.3 Å². The van der Waals surface area contributed by atoms with Crippen LogP contribution >= 0.6 is 0 Å². The van der Waals surface area contributed by atoms with Crippen molar-refractivity contribution in [2.45, 2.75) is 71.5 Å². The van der Waals surface area contributed by atoms with Gasteiger partial charge in [0.15, 0.2) is 0 Å². The van der Waals surface area contributed by atoms with Crippen LogP contribution in [0.15, 0.2) is 24.3 Å². The number of carbonyl (C=O) groups excluding carboxylic acids is 2. The summed E-state index contributed by atoms with van der Waals surface area (Å²) in [4.78, 5) is 27.2. The van der Waals surface area contributed by atoms with Crippen LogP contribution in [0.5, 0.6) is 0 Å². The highest BCUT2D eigenvalue weighted by Gasteiger charge is 2.41. The van der Waals surface area contributed by atoms with Crippen LogP contribution < -0.4 is 5.32 Å². The second kappa shape index (κ2) is 8.10. The quantitative estimate of drug-likeness (QED) is 0.813. The van der Waals surface area contributed by atoms with Gasteiger partial charge in [0.05, 0.1) is 12.2 Å². The lowest BCUT2D eigenvalue weighted by atomic mass is 9.90. The van der Waals surface area contributed by atoms with Gasteiger partial charge in [0.2, 0.25) is 11.8 Å². The Morgan fingerprint density at radius 1 is 1.14 bits per heavy atom. The van der Waals surface area contributed by atoms with E-state index in [-0.39, 0.29) is 24.0 Å². The number of carbonyl (C=O) groups is 2. The number of amides is 2. The number of nitrogens with one attached hydrogen (secondary N) is 1. The van der Waals surface area contributed by atoms with E-state index in [9.17, 15) is 9.59 Å². The maximum absolute atomic E-state index is 12.8. The number of likely N-dealkylation sites (tertiary alicyclic amines) is 1. The average molecular weight is 399 g/mol. The number of nitrogens with zero attached hydrogens (tertiary/aromatic N) is 1. The van der Waals surface area contributed by atoms with Crippen LogP contribution in [0.1, 0.15) is 71.0 Å². The Morgan fingerprint density at radius 3 is 2.62 bits per heavy atom. The Bertz CT molecular complexity index is 764. The molecular formula is C24H34N2O3. The normalized spacial score (nSPS) is 27.7. The van der Waals surface area contributed by atoms with Crippen LogP contribution in [0.25, 0.3) is 0 Å². The number of fused-ring (bicyclic) bond motifs is 1. The molecule has 0 bridgehead atoms. The van der Waals surface area contributed by atoms with Crippen LogP contribution in [0.2, 0.25) is 0 Å². The maximum Gasteiger partial charge on any atom is 0.229 e. The van der Waals surface area contributed by atoms with E-state index in [1.54, 1.807) is 0 Å². The Balaban J connectivity index is 1.39. The Kier molecular flexibility index (Phi) is 5.69. The van der Waals surface area contributed by atoms with Crippen molar-refractivity contribution < 1.29 is 14.3 Å². The molecule has 1 saturated carbocycles. The molecule has 2 heterocycles. The summed E-state index contributed by atoms with van der Waals surface area (Å²) in [5.41, 5.74) is 1.50. The van der Waals surface area contributed by atoms with E-state index in [2.05, 4.69) is 16.3 Å². The van der Waals surface area contributed by atoms with Gasteiger partial charge >= 0.3 is 0 Å². The van der Waals surface area contributed by atoms with Crippen molar-refractivity contribution in [2.75, 3.05) is 18.4 Å². The second-order valence-electron chi connectivity index (χ2n) is 10.0. The Morgan fingerprint density at radius 2 is 1.90 bits per heavy atom. The predicted molar refractivity (Wildman–Crippen MR) is 113 cm³/mol. The molecule has 0 aromatic heterocycles. The van der Waals surface area contributed by atoms with Gasteiger partial charge in [-0.3, -0.25) is 9.59 Å². The van der Waals surface area contributed by atoms with Crippen molar-refractivity contribution in [3.05, 3.63) is 29.8 Å². The summed E-state index contributed by atoms with van der Waals surface area (Å²) in [6.45, 7) is 7.39. The SMILES string of the molecule is CC(C)(C)C(=O)Nc1cccc([C@H]2C[C@H]3CN(C(=O)C4CCCC4)CC[C@@H]3O2)c1. The molecule has 1 aromatic rings. The Hall–Kier alpha value is -1.88. The van der Waals surface area contributed by atoms with E-state index < -0.39 is 5.41 Å². The minimum absolute atomic E-state index is 0.0109. The van der Waals surface area contributed by atoms with E-state index in [4.69, 9.17) is 4.74 Å². The molecule has 4 rings (SSSR count). The van der Waals surface area contributed by atoms with Crippen LogP contribution in [0.3, 0.4) is 0 Å². The lowest BCUT2D eigenvalue weighted by Gasteiger charge is -2.35. The number of hydrogen-bond acceptors (Lipinski definition) is 3.